The van der Waals surface area contributed by atoms with Gasteiger partial charge in [0.25, 0.3) is 5.91 Å². The molecule has 302 valence electrons. The quantitative estimate of drug-likeness (QED) is 0.0967. The van der Waals surface area contributed by atoms with Gasteiger partial charge in [0.1, 0.15) is 23.8 Å². The highest BCUT2D eigenvalue weighted by molar-refractivity contribution is 5.99. The number of benzene rings is 2. The summed E-state index contributed by atoms with van der Waals surface area (Å²) in [5.41, 5.74) is 6.92. The van der Waals surface area contributed by atoms with E-state index in [9.17, 15) is 33.9 Å². The Hall–Kier alpha value is -5.41. The van der Waals surface area contributed by atoms with Gasteiger partial charge in [0, 0.05) is 11.9 Å². The second kappa shape index (κ2) is 20.5. The first-order chi connectivity index (χ1) is 26.7. The molecule has 0 aliphatic carbocycles. The molecule has 15 nitrogen and oxygen atoms in total. The Morgan fingerprint density at radius 2 is 1.59 bits per heavy atom. The van der Waals surface area contributed by atoms with Crippen LogP contribution in [0, 0.1) is 11.8 Å². The van der Waals surface area contributed by atoms with E-state index in [4.69, 9.17) is 10.5 Å². The SMILES string of the molecule is CC[C@H](C)[C@H](NC(=O)C1CCCN1C[C@@H](O)[C@H](Cc1ccccc1)NC(=O)[C@H](CC(N)=O)NC(=O)c1ccc2ccccc2n1)C(=O)N[C@H](C(=O)OC)C(C)C. The van der Waals surface area contributed by atoms with Crippen LogP contribution in [-0.4, -0.2) is 107 Å². The number of aliphatic hydroxyl groups is 1. The molecule has 7 N–H and O–H groups in total. The van der Waals surface area contributed by atoms with Crippen molar-refractivity contribution in [2.24, 2.45) is 17.6 Å². The van der Waals surface area contributed by atoms with Crippen molar-refractivity contribution in [1.82, 2.24) is 31.2 Å². The molecule has 15 heteroatoms. The molecule has 0 bridgehead atoms. The smallest absolute Gasteiger partial charge is 0.328 e. The minimum atomic E-state index is -1.37. The lowest BCUT2D eigenvalue weighted by Gasteiger charge is -2.33. The average Bonchev–Trinajstić information content (AvgIpc) is 3.65. The van der Waals surface area contributed by atoms with E-state index in [2.05, 4.69) is 26.3 Å². The number of nitrogens with zero attached hydrogens (tertiary/aromatic N) is 2. The van der Waals surface area contributed by atoms with Crippen LogP contribution in [0.4, 0.5) is 0 Å². The highest BCUT2D eigenvalue weighted by atomic mass is 16.5. The van der Waals surface area contributed by atoms with Crippen LogP contribution in [0.3, 0.4) is 0 Å². The van der Waals surface area contributed by atoms with Crippen LogP contribution in [0.5, 0.6) is 0 Å². The number of ether oxygens (including phenoxy) is 1. The first-order valence-electron chi connectivity index (χ1n) is 19.1. The lowest BCUT2D eigenvalue weighted by atomic mass is 9.96. The molecule has 0 saturated carbocycles. The maximum absolute atomic E-state index is 13.8. The molecular formula is C41H55N7O8. The molecule has 1 aromatic heterocycles. The predicted octanol–water partition coefficient (Wildman–Crippen LogP) is 1.61. The van der Waals surface area contributed by atoms with Gasteiger partial charge in [-0.15, -0.1) is 0 Å². The Balaban J connectivity index is 1.50. The third kappa shape index (κ3) is 11.8. The number of esters is 1. The fourth-order valence-corrected chi connectivity index (χ4v) is 6.80. The van der Waals surface area contributed by atoms with Crippen molar-refractivity contribution in [1.29, 1.82) is 0 Å². The molecule has 0 radical (unpaired) electrons. The van der Waals surface area contributed by atoms with E-state index in [1.807, 2.05) is 61.2 Å². The normalized spacial score (nSPS) is 17.5. The fraction of sp³-hybridized carbons (Fsp3) is 0.488. The van der Waals surface area contributed by atoms with Crippen molar-refractivity contribution in [3.63, 3.8) is 0 Å². The molecular weight excluding hydrogens is 718 g/mol. The number of aromatic nitrogens is 1. The van der Waals surface area contributed by atoms with Crippen LogP contribution in [0.15, 0.2) is 66.7 Å². The number of likely N-dealkylation sites (tertiary alicyclic amines) is 1. The molecule has 1 unspecified atom stereocenters. The zero-order chi connectivity index (χ0) is 40.9. The zero-order valence-electron chi connectivity index (χ0n) is 32.7. The zero-order valence-corrected chi connectivity index (χ0v) is 32.7. The van der Waals surface area contributed by atoms with Crippen LogP contribution in [-0.2, 0) is 35.1 Å². The van der Waals surface area contributed by atoms with Gasteiger partial charge < -0.3 is 36.8 Å². The lowest BCUT2D eigenvalue weighted by Crippen LogP contribution is -2.59. The van der Waals surface area contributed by atoms with Crippen LogP contribution in [0.25, 0.3) is 10.9 Å². The predicted molar refractivity (Wildman–Crippen MR) is 210 cm³/mol. The van der Waals surface area contributed by atoms with Crippen molar-refractivity contribution >= 4 is 46.4 Å². The Bertz CT molecular complexity index is 1840. The second-order valence-electron chi connectivity index (χ2n) is 14.7. The Labute approximate surface area is 327 Å². The van der Waals surface area contributed by atoms with Gasteiger partial charge in [0.05, 0.1) is 37.2 Å². The number of methoxy groups -OCH3 is 1. The summed E-state index contributed by atoms with van der Waals surface area (Å²) >= 11 is 0. The van der Waals surface area contributed by atoms with E-state index >= 15 is 0 Å². The van der Waals surface area contributed by atoms with Gasteiger partial charge in [-0.1, -0.05) is 88.7 Å². The summed E-state index contributed by atoms with van der Waals surface area (Å²) in [5, 5.41) is 23.6. The Morgan fingerprint density at radius 3 is 2.25 bits per heavy atom. The number of primary amides is 1. The maximum atomic E-state index is 13.8. The van der Waals surface area contributed by atoms with Crippen molar-refractivity contribution in [2.45, 2.75) is 96.1 Å². The van der Waals surface area contributed by atoms with Crippen molar-refractivity contribution in [2.75, 3.05) is 20.2 Å². The van der Waals surface area contributed by atoms with Crippen molar-refractivity contribution in [3.05, 3.63) is 78.0 Å². The molecule has 1 aliphatic rings. The van der Waals surface area contributed by atoms with Crippen molar-refractivity contribution < 1.29 is 38.6 Å². The molecule has 5 amide bonds. The van der Waals surface area contributed by atoms with E-state index < -0.39 is 78.2 Å². The highest BCUT2D eigenvalue weighted by Gasteiger charge is 2.38. The summed E-state index contributed by atoms with van der Waals surface area (Å²) in [5.74, 6) is -4.23. The molecule has 4 rings (SSSR count). The number of amides is 5. The number of rotatable bonds is 19. The molecule has 1 fully saturated rings. The van der Waals surface area contributed by atoms with E-state index in [0.29, 0.717) is 31.3 Å². The van der Waals surface area contributed by atoms with E-state index in [1.54, 1.807) is 32.0 Å². The summed E-state index contributed by atoms with van der Waals surface area (Å²) in [6.07, 6.45) is 0.169. The number of hydrogen-bond donors (Lipinski definition) is 6. The minimum absolute atomic E-state index is 0.0122. The molecule has 56 heavy (non-hydrogen) atoms. The second-order valence-corrected chi connectivity index (χ2v) is 14.7. The first-order valence-corrected chi connectivity index (χ1v) is 19.1. The van der Waals surface area contributed by atoms with Crippen LogP contribution < -0.4 is 27.0 Å². The Kier molecular flexibility index (Phi) is 15.9. The van der Waals surface area contributed by atoms with Gasteiger partial charge >= 0.3 is 5.97 Å². The molecule has 1 saturated heterocycles. The third-order valence-electron chi connectivity index (χ3n) is 10.2. The number of carbonyl (C=O) groups is 6. The molecule has 2 aromatic carbocycles. The largest absolute Gasteiger partial charge is 0.467 e. The molecule has 7 atom stereocenters. The van der Waals surface area contributed by atoms with Gasteiger partial charge in [-0.25, -0.2) is 9.78 Å². The lowest BCUT2D eigenvalue weighted by molar-refractivity contribution is -0.147. The van der Waals surface area contributed by atoms with Gasteiger partial charge in [-0.3, -0.25) is 28.9 Å². The summed E-state index contributed by atoms with van der Waals surface area (Å²) in [4.78, 5) is 85.1. The Morgan fingerprint density at radius 1 is 0.893 bits per heavy atom. The summed E-state index contributed by atoms with van der Waals surface area (Å²) in [7, 11) is 1.25. The van der Waals surface area contributed by atoms with Crippen LogP contribution >= 0.6 is 0 Å². The number of para-hydroxylation sites is 1. The number of pyridine rings is 1. The van der Waals surface area contributed by atoms with Crippen LogP contribution in [0.2, 0.25) is 0 Å². The standard InChI is InChI=1S/C41H55N7O8/c1-6-25(4)36(40(54)46-35(24(2)3)41(55)56-5)47-39(53)32-17-12-20-48(32)23-33(49)30(21-26-13-8-7-9-14-26)44-38(52)31(22-34(42)50)45-37(51)29-19-18-27-15-10-11-16-28(27)43-29/h7-11,13-16,18-19,24-25,30-33,35-36,49H,6,12,17,20-23H2,1-5H3,(H2,42,50)(H,44,52)(H,45,51)(H,46,54)(H,47,53)/t25-,30-,31-,32?,33+,35-,36-/m0/s1. The number of fused-ring (bicyclic) bond motifs is 1. The maximum Gasteiger partial charge on any atom is 0.328 e. The molecule has 0 spiro atoms. The van der Waals surface area contributed by atoms with Gasteiger partial charge in [-0.2, -0.15) is 0 Å². The van der Waals surface area contributed by atoms with E-state index in [-0.39, 0.29) is 30.5 Å². The van der Waals surface area contributed by atoms with Gasteiger partial charge in [-0.05, 0) is 55.3 Å². The van der Waals surface area contributed by atoms with E-state index in [0.717, 1.165) is 10.9 Å². The number of β-amino-alcohol motifs (C(OH)–C–C–N with tert-alkyl or cyclic N) is 1. The first kappa shape index (κ1) is 43.3. The molecule has 1 aliphatic heterocycles. The van der Waals surface area contributed by atoms with Gasteiger partial charge in [0.15, 0.2) is 0 Å². The number of carbonyl (C=O) groups excluding carboxylic acids is 6. The molecule has 2 heterocycles. The summed E-state index contributed by atoms with van der Waals surface area (Å²) in [6.45, 7) is 7.76. The molecule has 3 aromatic rings. The monoisotopic (exact) mass is 773 g/mol. The van der Waals surface area contributed by atoms with Gasteiger partial charge in [0.2, 0.25) is 23.6 Å². The van der Waals surface area contributed by atoms with Crippen LogP contribution in [0.1, 0.15) is 69.4 Å². The average molecular weight is 774 g/mol. The topological polar surface area (TPSA) is 222 Å². The number of aliphatic hydroxyl groups excluding tert-OH is 1. The van der Waals surface area contributed by atoms with E-state index in [1.165, 1.54) is 13.2 Å². The minimum Gasteiger partial charge on any atom is -0.467 e. The highest BCUT2D eigenvalue weighted by Crippen LogP contribution is 2.21. The third-order valence-corrected chi connectivity index (χ3v) is 10.2. The summed E-state index contributed by atoms with van der Waals surface area (Å²) in [6, 6.07) is 14.9. The number of nitrogens with two attached hydrogens (primary N) is 1. The fourth-order valence-electron chi connectivity index (χ4n) is 6.80. The number of nitrogens with one attached hydrogen (secondary N) is 4. The van der Waals surface area contributed by atoms with Crippen molar-refractivity contribution in [3.8, 4) is 0 Å². The summed E-state index contributed by atoms with van der Waals surface area (Å²) < 4.78 is 4.87. The number of hydrogen-bond acceptors (Lipinski definition) is 10.